The highest BCUT2D eigenvalue weighted by Gasteiger charge is 2.19. The van der Waals surface area contributed by atoms with Crippen LogP contribution in [0.5, 0.6) is 0 Å². The normalized spacial score (nSPS) is 17.4. The number of hydrogen-bond acceptors (Lipinski definition) is 1. The van der Waals surface area contributed by atoms with E-state index >= 15 is 0 Å². The Hall–Kier alpha value is -0.0400. The van der Waals surface area contributed by atoms with Crippen molar-refractivity contribution in [2.75, 3.05) is 13.1 Å². The van der Waals surface area contributed by atoms with E-state index in [4.69, 9.17) is 0 Å². The van der Waals surface area contributed by atoms with Crippen LogP contribution in [0.1, 0.15) is 67.2 Å². The lowest BCUT2D eigenvalue weighted by molar-refractivity contribution is 0.165. The molecule has 1 nitrogen and oxygen atoms in total. The molecule has 3 atom stereocenters. The molecule has 0 aromatic heterocycles. The molecule has 3 unspecified atom stereocenters. The molecule has 0 radical (unpaired) electrons. The second kappa shape index (κ2) is 9.04. The third-order valence-corrected chi connectivity index (χ3v) is 4.16. The van der Waals surface area contributed by atoms with Gasteiger partial charge in [-0.2, -0.15) is 0 Å². The van der Waals surface area contributed by atoms with Crippen LogP contribution < -0.4 is 0 Å². The molecule has 0 heterocycles. The standard InChI is InChI=1S/C15H33N/c1-7-11-13(5)14(6)12-15(8-2)16(9-3)10-4/h13-15H,7-12H2,1-6H3. The Kier molecular flexibility index (Phi) is 9.02. The zero-order valence-electron chi connectivity index (χ0n) is 12.4. The van der Waals surface area contributed by atoms with Crippen molar-refractivity contribution in [2.24, 2.45) is 11.8 Å². The van der Waals surface area contributed by atoms with Gasteiger partial charge in [-0.1, -0.05) is 54.4 Å². The average molecular weight is 227 g/mol. The van der Waals surface area contributed by atoms with Crippen LogP contribution in [0.15, 0.2) is 0 Å². The van der Waals surface area contributed by atoms with E-state index in [1.807, 2.05) is 0 Å². The summed E-state index contributed by atoms with van der Waals surface area (Å²) in [6, 6.07) is 0.796. The monoisotopic (exact) mass is 227 g/mol. The molecule has 1 heteroatoms. The van der Waals surface area contributed by atoms with Gasteiger partial charge in [0.15, 0.2) is 0 Å². The van der Waals surface area contributed by atoms with Gasteiger partial charge in [-0.05, 0) is 37.8 Å². The van der Waals surface area contributed by atoms with E-state index in [9.17, 15) is 0 Å². The van der Waals surface area contributed by atoms with Gasteiger partial charge in [0.1, 0.15) is 0 Å². The molecule has 0 saturated carbocycles. The molecular formula is C15H33N. The fraction of sp³-hybridized carbons (Fsp3) is 1.00. The van der Waals surface area contributed by atoms with E-state index in [0.717, 1.165) is 17.9 Å². The molecular weight excluding hydrogens is 194 g/mol. The zero-order chi connectivity index (χ0) is 12.6. The van der Waals surface area contributed by atoms with Crippen molar-refractivity contribution < 1.29 is 0 Å². The van der Waals surface area contributed by atoms with Crippen molar-refractivity contribution in [3.05, 3.63) is 0 Å². The lowest BCUT2D eigenvalue weighted by atomic mass is 9.86. The Morgan fingerprint density at radius 2 is 1.44 bits per heavy atom. The van der Waals surface area contributed by atoms with E-state index < -0.39 is 0 Å². The Morgan fingerprint density at radius 3 is 1.81 bits per heavy atom. The third-order valence-electron chi connectivity index (χ3n) is 4.16. The fourth-order valence-corrected chi connectivity index (χ4v) is 2.72. The number of nitrogens with zero attached hydrogens (tertiary/aromatic N) is 1. The van der Waals surface area contributed by atoms with E-state index in [1.54, 1.807) is 0 Å². The second-order valence-electron chi connectivity index (χ2n) is 5.26. The van der Waals surface area contributed by atoms with Crippen molar-refractivity contribution in [3.8, 4) is 0 Å². The van der Waals surface area contributed by atoms with Crippen LogP contribution in [0, 0.1) is 11.8 Å². The summed E-state index contributed by atoms with van der Waals surface area (Å²) in [7, 11) is 0. The first kappa shape index (κ1) is 16.0. The van der Waals surface area contributed by atoms with Crippen LogP contribution in [0.2, 0.25) is 0 Å². The van der Waals surface area contributed by atoms with E-state index in [1.165, 1.54) is 38.8 Å². The fourth-order valence-electron chi connectivity index (χ4n) is 2.72. The molecule has 0 spiro atoms. The maximum atomic E-state index is 2.62. The van der Waals surface area contributed by atoms with E-state index in [0.29, 0.717) is 0 Å². The van der Waals surface area contributed by atoms with Crippen molar-refractivity contribution in [2.45, 2.75) is 73.3 Å². The molecule has 0 bridgehead atoms. The molecule has 0 aromatic rings. The van der Waals surface area contributed by atoms with Gasteiger partial charge in [0, 0.05) is 6.04 Å². The Morgan fingerprint density at radius 1 is 0.875 bits per heavy atom. The summed E-state index contributed by atoms with van der Waals surface area (Å²) in [5, 5.41) is 0. The molecule has 0 saturated heterocycles. The lowest BCUT2D eigenvalue weighted by Gasteiger charge is -2.32. The molecule has 0 aliphatic carbocycles. The van der Waals surface area contributed by atoms with Gasteiger partial charge >= 0.3 is 0 Å². The zero-order valence-corrected chi connectivity index (χ0v) is 12.4. The molecule has 0 rings (SSSR count). The SMILES string of the molecule is CCCC(C)C(C)CC(CC)N(CC)CC. The average Bonchev–Trinajstić information content (AvgIpc) is 2.29. The first-order valence-electron chi connectivity index (χ1n) is 7.34. The lowest BCUT2D eigenvalue weighted by Crippen LogP contribution is -2.36. The first-order chi connectivity index (χ1) is 7.60. The molecule has 0 amide bonds. The Labute approximate surface area is 104 Å². The van der Waals surface area contributed by atoms with Crippen LogP contribution in [-0.2, 0) is 0 Å². The smallest absolute Gasteiger partial charge is 0.00950 e. The van der Waals surface area contributed by atoms with Crippen LogP contribution in [0.4, 0.5) is 0 Å². The number of rotatable bonds is 9. The molecule has 98 valence electrons. The summed E-state index contributed by atoms with van der Waals surface area (Å²) < 4.78 is 0. The van der Waals surface area contributed by atoms with Gasteiger partial charge in [-0.15, -0.1) is 0 Å². The molecule has 0 fully saturated rings. The van der Waals surface area contributed by atoms with Crippen LogP contribution in [0.3, 0.4) is 0 Å². The topological polar surface area (TPSA) is 3.24 Å². The highest BCUT2D eigenvalue weighted by atomic mass is 15.1. The van der Waals surface area contributed by atoms with Gasteiger partial charge in [0.2, 0.25) is 0 Å². The Balaban J connectivity index is 4.19. The van der Waals surface area contributed by atoms with Gasteiger partial charge in [0.05, 0.1) is 0 Å². The minimum atomic E-state index is 0.796. The predicted molar refractivity (Wildman–Crippen MR) is 74.9 cm³/mol. The highest BCUT2D eigenvalue weighted by Crippen LogP contribution is 2.24. The summed E-state index contributed by atoms with van der Waals surface area (Å²) in [5.41, 5.74) is 0. The molecule has 0 aromatic carbocycles. The summed E-state index contributed by atoms with van der Waals surface area (Å²) in [4.78, 5) is 2.62. The van der Waals surface area contributed by atoms with Gasteiger partial charge in [-0.25, -0.2) is 0 Å². The maximum Gasteiger partial charge on any atom is 0.00950 e. The van der Waals surface area contributed by atoms with Crippen LogP contribution in [-0.4, -0.2) is 24.0 Å². The van der Waals surface area contributed by atoms with Crippen molar-refractivity contribution in [1.29, 1.82) is 0 Å². The molecule has 16 heavy (non-hydrogen) atoms. The van der Waals surface area contributed by atoms with Crippen LogP contribution in [0.25, 0.3) is 0 Å². The summed E-state index contributed by atoms with van der Waals surface area (Å²) >= 11 is 0. The summed E-state index contributed by atoms with van der Waals surface area (Å²) in [5.74, 6) is 1.75. The van der Waals surface area contributed by atoms with Crippen molar-refractivity contribution in [1.82, 2.24) is 4.90 Å². The largest absolute Gasteiger partial charge is 0.301 e. The van der Waals surface area contributed by atoms with Gasteiger partial charge in [0.25, 0.3) is 0 Å². The van der Waals surface area contributed by atoms with E-state index in [2.05, 4.69) is 46.4 Å². The molecule has 0 aliphatic rings. The minimum absolute atomic E-state index is 0.796. The van der Waals surface area contributed by atoms with Crippen molar-refractivity contribution in [3.63, 3.8) is 0 Å². The second-order valence-corrected chi connectivity index (χ2v) is 5.26. The van der Waals surface area contributed by atoms with Gasteiger partial charge in [-0.3, -0.25) is 0 Å². The predicted octanol–water partition coefficient (Wildman–Crippen LogP) is 4.57. The summed E-state index contributed by atoms with van der Waals surface area (Å²) in [6.45, 7) is 16.5. The quantitative estimate of drug-likeness (QED) is 0.558. The number of hydrogen-bond donors (Lipinski definition) is 0. The summed E-state index contributed by atoms with van der Waals surface area (Å²) in [6.07, 6.45) is 5.38. The third kappa shape index (κ3) is 5.34. The van der Waals surface area contributed by atoms with E-state index in [-0.39, 0.29) is 0 Å². The molecule has 0 aliphatic heterocycles. The highest BCUT2D eigenvalue weighted by molar-refractivity contribution is 4.73. The van der Waals surface area contributed by atoms with Crippen molar-refractivity contribution >= 4 is 0 Å². The first-order valence-corrected chi connectivity index (χ1v) is 7.34. The van der Waals surface area contributed by atoms with Gasteiger partial charge < -0.3 is 4.90 Å². The molecule has 0 N–H and O–H groups in total. The van der Waals surface area contributed by atoms with Crippen LogP contribution >= 0.6 is 0 Å². The maximum absolute atomic E-state index is 2.62. The Bertz CT molecular complexity index is 152. The minimum Gasteiger partial charge on any atom is -0.301 e.